The Hall–Kier alpha value is -2.25. The summed E-state index contributed by atoms with van der Waals surface area (Å²) < 4.78 is 5.23. The molecule has 6 nitrogen and oxygen atoms in total. The maximum Gasteiger partial charge on any atom is 0.257 e. The second-order valence-corrected chi connectivity index (χ2v) is 7.48. The summed E-state index contributed by atoms with van der Waals surface area (Å²) in [7, 11) is 4.02. The number of likely N-dealkylation sites (N-methyl/N-ethyl adjacent to an activating group) is 1. The van der Waals surface area contributed by atoms with Crippen LogP contribution >= 0.6 is 11.3 Å². The van der Waals surface area contributed by atoms with Crippen molar-refractivity contribution in [2.45, 2.75) is 25.8 Å². The molecule has 0 radical (unpaired) electrons. The number of hydrogen-bond acceptors (Lipinski definition) is 6. The van der Waals surface area contributed by atoms with E-state index in [1.807, 2.05) is 39.4 Å². The summed E-state index contributed by atoms with van der Waals surface area (Å²) in [6.45, 7) is 4.60. The molecule has 0 bridgehead atoms. The molecular formula is C18H22N4O2S. The van der Waals surface area contributed by atoms with E-state index in [2.05, 4.69) is 26.4 Å². The molecule has 25 heavy (non-hydrogen) atoms. The van der Waals surface area contributed by atoms with Crippen LogP contribution in [0.1, 0.15) is 46.7 Å². The highest BCUT2D eigenvalue weighted by Crippen LogP contribution is 2.25. The van der Waals surface area contributed by atoms with E-state index >= 15 is 0 Å². The Morgan fingerprint density at radius 3 is 2.84 bits per heavy atom. The van der Waals surface area contributed by atoms with Gasteiger partial charge in [-0.05, 0) is 37.5 Å². The first-order valence-corrected chi connectivity index (χ1v) is 9.08. The zero-order chi connectivity index (χ0) is 18.0. The summed E-state index contributed by atoms with van der Waals surface area (Å²) >= 11 is 1.69. The van der Waals surface area contributed by atoms with E-state index in [9.17, 15) is 4.79 Å². The highest BCUT2D eigenvalue weighted by molar-refractivity contribution is 7.10. The lowest BCUT2D eigenvalue weighted by Crippen LogP contribution is -2.34. The molecule has 0 saturated carbocycles. The molecule has 0 saturated heterocycles. The Bertz CT molecular complexity index is 855. The molecule has 0 aliphatic carbocycles. The van der Waals surface area contributed by atoms with Gasteiger partial charge in [-0.1, -0.05) is 25.1 Å². The van der Waals surface area contributed by atoms with Gasteiger partial charge in [0.15, 0.2) is 0 Å². The van der Waals surface area contributed by atoms with Crippen LogP contribution in [-0.2, 0) is 0 Å². The van der Waals surface area contributed by atoms with Gasteiger partial charge in [0.25, 0.3) is 11.6 Å². The molecule has 3 aromatic rings. The largest absolute Gasteiger partial charge is 0.350 e. The van der Waals surface area contributed by atoms with Crippen molar-refractivity contribution in [1.29, 1.82) is 0 Å². The molecule has 1 unspecified atom stereocenters. The van der Waals surface area contributed by atoms with Crippen LogP contribution in [0.15, 0.2) is 34.3 Å². The Kier molecular flexibility index (Phi) is 5.15. The van der Waals surface area contributed by atoms with Crippen LogP contribution in [0.4, 0.5) is 0 Å². The second-order valence-electron chi connectivity index (χ2n) is 6.50. The maximum absolute atomic E-state index is 12.6. The molecule has 0 aliphatic heterocycles. The average Bonchev–Trinajstić information content (AvgIpc) is 3.23. The fourth-order valence-electron chi connectivity index (χ4n) is 2.70. The maximum atomic E-state index is 12.6. The number of pyridine rings is 1. The first-order chi connectivity index (χ1) is 12.0. The molecule has 7 heteroatoms. The van der Waals surface area contributed by atoms with Gasteiger partial charge in [0.05, 0.1) is 22.7 Å². The van der Waals surface area contributed by atoms with E-state index in [-0.39, 0.29) is 17.9 Å². The Balaban J connectivity index is 1.76. The quantitative estimate of drug-likeness (QED) is 0.731. The molecule has 132 valence electrons. The minimum Gasteiger partial charge on any atom is -0.350 e. The van der Waals surface area contributed by atoms with Gasteiger partial charge < -0.3 is 14.7 Å². The normalized spacial score (nSPS) is 12.9. The first-order valence-electron chi connectivity index (χ1n) is 8.20. The van der Waals surface area contributed by atoms with E-state index in [4.69, 9.17) is 4.52 Å². The van der Waals surface area contributed by atoms with Crippen molar-refractivity contribution in [2.75, 3.05) is 20.6 Å². The van der Waals surface area contributed by atoms with E-state index in [1.54, 1.807) is 17.4 Å². The number of thiophene rings is 1. The number of hydrogen-bond donors (Lipinski definition) is 1. The van der Waals surface area contributed by atoms with Crippen LogP contribution in [-0.4, -0.2) is 41.6 Å². The predicted octanol–water partition coefficient (Wildman–Crippen LogP) is 3.44. The van der Waals surface area contributed by atoms with Crippen LogP contribution in [0.25, 0.3) is 11.1 Å². The summed E-state index contributed by atoms with van der Waals surface area (Å²) in [5, 5.41) is 9.90. The number of fused-ring (bicyclic) bond motifs is 1. The highest BCUT2D eigenvalue weighted by Gasteiger charge is 2.19. The smallest absolute Gasteiger partial charge is 0.257 e. The topological polar surface area (TPSA) is 71.3 Å². The third kappa shape index (κ3) is 3.72. The zero-order valence-electron chi connectivity index (χ0n) is 14.8. The average molecular weight is 358 g/mol. The number of carbonyl (C=O) groups is 1. The Morgan fingerprint density at radius 2 is 2.20 bits per heavy atom. The molecule has 1 atom stereocenters. The molecule has 0 aromatic carbocycles. The van der Waals surface area contributed by atoms with Crippen LogP contribution < -0.4 is 5.32 Å². The summed E-state index contributed by atoms with van der Waals surface area (Å²) in [4.78, 5) is 20.1. The fraction of sp³-hybridized carbons (Fsp3) is 0.389. The van der Waals surface area contributed by atoms with E-state index in [1.165, 1.54) is 11.1 Å². The molecule has 3 aromatic heterocycles. The van der Waals surface area contributed by atoms with Gasteiger partial charge in [0, 0.05) is 17.6 Å². The molecule has 1 amide bonds. The molecule has 0 aliphatic rings. The summed E-state index contributed by atoms with van der Waals surface area (Å²) in [6.07, 6.45) is 1.53. The molecule has 1 N–H and O–H groups in total. The van der Waals surface area contributed by atoms with Gasteiger partial charge in [-0.3, -0.25) is 4.79 Å². The summed E-state index contributed by atoms with van der Waals surface area (Å²) in [5.41, 5.74) is 1.80. The summed E-state index contributed by atoms with van der Waals surface area (Å²) in [5.74, 6) is 0.0621. The monoisotopic (exact) mass is 358 g/mol. The minimum absolute atomic E-state index is 0.141. The van der Waals surface area contributed by atoms with Crippen LogP contribution in [0.5, 0.6) is 0 Å². The van der Waals surface area contributed by atoms with Gasteiger partial charge in [0.2, 0.25) is 0 Å². The van der Waals surface area contributed by atoms with Crippen LogP contribution in [0.3, 0.4) is 0 Å². The third-order valence-electron chi connectivity index (χ3n) is 4.12. The van der Waals surface area contributed by atoms with E-state index in [0.717, 1.165) is 11.1 Å². The molecule has 3 heterocycles. The molecule has 3 rings (SSSR count). The zero-order valence-corrected chi connectivity index (χ0v) is 15.6. The van der Waals surface area contributed by atoms with Gasteiger partial charge >= 0.3 is 0 Å². The van der Waals surface area contributed by atoms with Crippen molar-refractivity contribution in [3.05, 3.63) is 45.9 Å². The van der Waals surface area contributed by atoms with Crippen molar-refractivity contribution >= 4 is 28.3 Å². The molecular weight excluding hydrogens is 336 g/mol. The van der Waals surface area contributed by atoms with Gasteiger partial charge in [-0.25, -0.2) is 4.98 Å². The van der Waals surface area contributed by atoms with Crippen molar-refractivity contribution in [3.8, 4) is 0 Å². The lowest BCUT2D eigenvalue weighted by atomic mass is 10.1. The number of amides is 1. The van der Waals surface area contributed by atoms with Gasteiger partial charge in [-0.2, -0.15) is 0 Å². The van der Waals surface area contributed by atoms with Crippen LogP contribution in [0, 0.1) is 0 Å². The number of rotatable bonds is 6. The fourth-order valence-corrected chi connectivity index (χ4v) is 3.62. The minimum atomic E-state index is -0.145. The third-order valence-corrected chi connectivity index (χ3v) is 5.09. The Morgan fingerprint density at radius 1 is 1.40 bits per heavy atom. The SMILES string of the molecule is CC(C)c1noc2ncc(C(=O)NCC(c3cccs3)N(C)C)cc12. The lowest BCUT2D eigenvalue weighted by Gasteiger charge is -2.23. The highest BCUT2D eigenvalue weighted by atomic mass is 32.1. The molecule has 0 fully saturated rings. The van der Waals surface area contributed by atoms with Gasteiger partial charge in [-0.15, -0.1) is 11.3 Å². The van der Waals surface area contributed by atoms with Crippen molar-refractivity contribution in [3.63, 3.8) is 0 Å². The number of carbonyl (C=O) groups excluding carboxylic acids is 1. The first kappa shape index (κ1) is 17.6. The number of nitrogens with zero attached hydrogens (tertiary/aromatic N) is 3. The predicted molar refractivity (Wildman–Crippen MR) is 99.0 cm³/mol. The van der Waals surface area contributed by atoms with Crippen LogP contribution in [0.2, 0.25) is 0 Å². The summed E-state index contributed by atoms with van der Waals surface area (Å²) in [6, 6.07) is 6.05. The Labute approximate surface area is 150 Å². The van der Waals surface area contributed by atoms with E-state index < -0.39 is 0 Å². The van der Waals surface area contributed by atoms with E-state index in [0.29, 0.717) is 17.8 Å². The number of aromatic nitrogens is 2. The second kappa shape index (κ2) is 7.33. The molecule has 0 spiro atoms. The van der Waals surface area contributed by atoms with Crippen molar-refractivity contribution in [2.24, 2.45) is 0 Å². The number of nitrogens with one attached hydrogen (secondary N) is 1. The lowest BCUT2D eigenvalue weighted by molar-refractivity contribution is 0.0942. The van der Waals surface area contributed by atoms with Crippen molar-refractivity contribution in [1.82, 2.24) is 20.4 Å². The van der Waals surface area contributed by atoms with Gasteiger partial charge in [0.1, 0.15) is 0 Å². The van der Waals surface area contributed by atoms with Crippen molar-refractivity contribution < 1.29 is 9.32 Å². The standard InChI is InChI=1S/C18H22N4O2S/c1-11(2)16-13-8-12(9-20-18(13)24-21-16)17(23)19-10-14(22(3)4)15-6-5-7-25-15/h5-9,11,14H,10H2,1-4H3,(H,19,23).